The van der Waals surface area contributed by atoms with E-state index in [4.69, 9.17) is 17.3 Å². The van der Waals surface area contributed by atoms with Gasteiger partial charge in [0, 0.05) is 10.6 Å². The largest absolute Gasteiger partial charge is 0.321 e. The predicted molar refractivity (Wildman–Crippen MR) is 55.9 cm³/mol. The molecule has 2 N–H and O–H groups in total. The Hall–Kier alpha value is -0.600. The van der Waals surface area contributed by atoms with Crippen LogP contribution in [-0.2, 0) is 5.54 Å². The predicted octanol–water partition coefficient (Wildman–Crippen LogP) is 3.13. The summed E-state index contributed by atoms with van der Waals surface area (Å²) in [7, 11) is 0. The maximum atomic E-state index is 13.2. The molecule has 1 saturated carbocycles. The third-order valence-corrected chi connectivity index (χ3v) is 3.48. The normalized spacial score (nSPS) is 19.1. The molecule has 1 fully saturated rings. The summed E-state index contributed by atoms with van der Waals surface area (Å²) < 4.78 is 13.2. The van der Waals surface area contributed by atoms with Crippen molar-refractivity contribution in [2.75, 3.05) is 0 Å². The number of halogens is 2. The van der Waals surface area contributed by atoms with E-state index in [1.54, 1.807) is 0 Å². The summed E-state index contributed by atoms with van der Waals surface area (Å²) in [5.74, 6) is -0.299. The molecule has 1 nitrogen and oxygen atoms in total. The lowest BCUT2D eigenvalue weighted by molar-refractivity contribution is 0.251. The van der Waals surface area contributed by atoms with Crippen LogP contribution in [-0.4, -0.2) is 0 Å². The summed E-state index contributed by atoms with van der Waals surface area (Å²) in [5.41, 5.74) is 7.58. The third kappa shape index (κ3) is 1.43. The number of rotatable bonds is 1. The van der Waals surface area contributed by atoms with Crippen LogP contribution in [0.4, 0.5) is 4.39 Å². The van der Waals surface area contributed by atoms with E-state index in [9.17, 15) is 4.39 Å². The van der Waals surface area contributed by atoms with Gasteiger partial charge in [-0.15, -0.1) is 0 Å². The quantitative estimate of drug-likeness (QED) is 0.762. The van der Waals surface area contributed by atoms with Crippen molar-refractivity contribution in [1.29, 1.82) is 0 Å². The number of hydrogen-bond acceptors (Lipinski definition) is 1. The first-order chi connectivity index (χ1) is 6.53. The highest BCUT2D eigenvalue weighted by atomic mass is 35.5. The molecule has 0 heterocycles. The fourth-order valence-corrected chi connectivity index (χ4v) is 2.20. The van der Waals surface area contributed by atoms with Gasteiger partial charge in [-0.2, -0.15) is 0 Å². The first kappa shape index (κ1) is 9.94. The highest BCUT2D eigenvalue weighted by Crippen LogP contribution is 2.41. The van der Waals surface area contributed by atoms with E-state index < -0.39 is 0 Å². The van der Waals surface area contributed by atoms with Gasteiger partial charge in [0.1, 0.15) is 5.82 Å². The lowest BCUT2D eigenvalue weighted by Gasteiger charge is -2.39. The van der Waals surface area contributed by atoms with Crippen molar-refractivity contribution in [2.24, 2.45) is 5.73 Å². The molecule has 0 radical (unpaired) electrons. The maximum Gasteiger partial charge on any atom is 0.125 e. The molecule has 0 atom stereocenters. The highest BCUT2D eigenvalue weighted by Gasteiger charge is 2.36. The summed E-state index contributed by atoms with van der Waals surface area (Å²) in [4.78, 5) is 0. The summed E-state index contributed by atoms with van der Waals surface area (Å²) in [6, 6.07) is 2.85. The molecule has 0 unspecified atom stereocenters. The molecular formula is C11H13ClFN. The van der Waals surface area contributed by atoms with E-state index in [0.717, 1.165) is 30.4 Å². The molecule has 0 aliphatic heterocycles. The third-order valence-electron chi connectivity index (χ3n) is 3.09. The Balaban J connectivity index is 2.51. The van der Waals surface area contributed by atoms with Crippen molar-refractivity contribution in [2.45, 2.75) is 31.7 Å². The second-order valence-electron chi connectivity index (χ2n) is 4.07. The van der Waals surface area contributed by atoms with Crippen molar-refractivity contribution < 1.29 is 4.39 Å². The van der Waals surface area contributed by atoms with Crippen LogP contribution in [0.15, 0.2) is 12.1 Å². The van der Waals surface area contributed by atoms with Gasteiger partial charge in [-0.05, 0) is 49.4 Å². The van der Waals surface area contributed by atoms with Gasteiger partial charge >= 0.3 is 0 Å². The monoisotopic (exact) mass is 213 g/mol. The maximum absolute atomic E-state index is 13.2. The average Bonchev–Trinajstić information content (AvgIpc) is 2.07. The van der Waals surface area contributed by atoms with Crippen LogP contribution < -0.4 is 5.73 Å². The van der Waals surface area contributed by atoms with E-state index in [-0.39, 0.29) is 11.4 Å². The van der Waals surface area contributed by atoms with E-state index in [2.05, 4.69) is 0 Å². The minimum absolute atomic E-state index is 0.299. The molecule has 1 aliphatic rings. The van der Waals surface area contributed by atoms with E-state index >= 15 is 0 Å². The highest BCUT2D eigenvalue weighted by molar-refractivity contribution is 6.31. The fraction of sp³-hybridized carbons (Fsp3) is 0.455. The summed E-state index contributed by atoms with van der Waals surface area (Å²) >= 11 is 5.91. The molecule has 3 heteroatoms. The van der Waals surface area contributed by atoms with Crippen molar-refractivity contribution in [3.8, 4) is 0 Å². The van der Waals surface area contributed by atoms with Gasteiger partial charge in [-0.25, -0.2) is 4.39 Å². The zero-order chi connectivity index (χ0) is 10.3. The SMILES string of the molecule is Cc1c(Cl)cc(F)cc1C1(N)CCC1. The molecule has 1 aliphatic carbocycles. The van der Waals surface area contributed by atoms with Gasteiger partial charge in [0.2, 0.25) is 0 Å². The molecule has 14 heavy (non-hydrogen) atoms. The molecule has 0 aromatic heterocycles. The van der Waals surface area contributed by atoms with Crippen LogP contribution in [0.25, 0.3) is 0 Å². The number of hydrogen-bond donors (Lipinski definition) is 1. The molecule has 2 rings (SSSR count). The first-order valence-corrected chi connectivity index (χ1v) is 5.16. The van der Waals surface area contributed by atoms with Gasteiger partial charge in [0.15, 0.2) is 0 Å². The zero-order valence-electron chi connectivity index (χ0n) is 8.11. The van der Waals surface area contributed by atoms with Gasteiger partial charge in [-0.1, -0.05) is 11.6 Å². The topological polar surface area (TPSA) is 26.0 Å². The van der Waals surface area contributed by atoms with Crippen molar-refractivity contribution in [1.82, 2.24) is 0 Å². The van der Waals surface area contributed by atoms with Crippen LogP contribution in [0.3, 0.4) is 0 Å². The molecule has 0 saturated heterocycles. The smallest absolute Gasteiger partial charge is 0.125 e. The Kier molecular flexibility index (Phi) is 2.28. The van der Waals surface area contributed by atoms with Gasteiger partial charge in [0.25, 0.3) is 0 Å². The summed E-state index contributed by atoms with van der Waals surface area (Å²) in [5, 5.41) is 0.469. The Morgan fingerprint density at radius 3 is 2.57 bits per heavy atom. The Morgan fingerprint density at radius 1 is 1.43 bits per heavy atom. The number of benzene rings is 1. The zero-order valence-corrected chi connectivity index (χ0v) is 8.87. The molecule has 0 amide bonds. The van der Waals surface area contributed by atoms with Crippen LogP contribution >= 0.6 is 11.6 Å². The van der Waals surface area contributed by atoms with E-state index in [1.165, 1.54) is 12.1 Å². The fourth-order valence-electron chi connectivity index (χ4n) is 1.99. The lowest BCUT2D eigenvalue weighted by Crippen LogP contribution is -2.44. The lowest BCUT2D eigenvalue weighted by atomic mass is 9.71. The molecule has 76 valence electrons. The second-order valence-corrected chi connectivity index (χ2v) is 4.48. The van der Waals surface area contributed by atoms with Crippen molar-refractivity contribution in [3.63, 3.8) is 0 Å². The van der Waals surface area contributed by atoms with Crippen LogP contribution in [0.2, 0.25) is 5.02 Å². The summed E-state index contributed by atoms with van der Waals surface area (Å²) in [6.45, 7) is 1.89. The van der Waals surface area contributed by atoms with Gasteiger partial charge < -0.3 is 5.73 Å². The van der Waals surface area contributed by atoms with E-state index in [0.29, 0.717) is 5.02 Å². The van der Waals surface area contributed by atoms with Crippen LogP contribution in [0, 0.1) is 12.7 Å². The van der Waals surface area contributed by atoms with Crippen molar-refractivity contribution >= 4 is 11.6 Å². The molecule has 0 spiro atoms. The van der Waals surface area contributed by atoms with Gasteiger partial charge in [-0.3, -0.25) is 0 Å². The second kappa shape index (κ2) is 3.21. The van der Waals surface area contributed by atoms with Gasteiger partial charge in [0.05, 0.1) is 0 Å². The summed E-state index contributed by atoms with van der Waals surface area (Å²) in [6.07, 6.45) is 2.96. The molecular weight excluding hydrogens is 201 g/mol. The molecule has 1 aromatic carbocycles. The minimum Gasteiger partial charge on any atom is -0.321 e. The Labute approximate surface area is 88.1 Å². The first-order valence-electron chi connectivity index (χ1n) is 4.78. The van der Waals surface area contributed by atoms with E-state index in [1.807, 2.05) is 6.92 Å². The molecule has 0 bridgehead atoms. The Morgan fingerprint density at radius 2 is 2.07 bits per heavy atom. The average molecular weight is 214 g/mol. The minimum atomic E-state index is -0.337. The van der Waals surface area contributed by atoms with Crippen LogP contribution in [0.5, 0.6) is 0 Å². The standard InChI is InChI=1S/C11H13ClFN/c1-7-9(11(14)3-2-4-11)5-8(13)6-10(7)12/h5-6H,2-4,14H2,1H3. The Bertz CT molecular complexity index is 372. The van der Waals surface area contributed by atoms with Crippen LogP contribution in [0.1, 0.15) is 30.4 Å². The van der Waals surface area contributed by atoms with Crippen molar-refractivity contribution in [3.05, 3.63) is 34.1 Å². The molecule has 1 aromatic rings. The number of nitrogens with two attached hydrogens (primary N) is 1.